The topological polar surface area (TPSA) is 55.4 Å². The maximum atomic E-state index is 12.1. The first-order chi connectivity index (χ1) is 10.9. The number of rotatable bonds is 9. The number of ketones is 1. The number of hydrogen-bond donors (Lipinski definition) is 1. The minimum absolute atomic E-state index is 0.0370. The first-order valence-electron chi connectivity index (χ1n) is 8.42. The molecule has 0 aromatic heterocycles. The van der Waals surface area contributed by atoms with Crippen molar-refractivity contribution >= 4 is 11.9 Å². The van der Waals surface area contributed by atoms with Crippen molar-refractivity contribution in [3.63, 3.8) is 0 Å². The molecule has 0 aliphatic rings. The van der Waals surface area contributed by atoms with E-state index in [2.05, 4.69) is 31.3 Å². The van der Waals surface area contributed by atoms with Crippen molar-refractivity contribution in [2.24, 2.45) is 5.92 Å². The number of nitrogens with one attached hydrogen (secondary N) is 1. The lowest BCUT2D eigenvalue weighted by atomic mass is 9.93. The van der Waals surface area contributed by atoms with Gasteiger partial charge in [0, 0.05) is 12.5 Å². The van der Waals surface area contributed by atoms with Gasteiger partial charge in [0.2, 0.25) is 0 Å². The Kier molecular flexibility index (Phi) is 8.38. The van der Waals surface area contributed by atoms with Crippen molar-refractivity contribution in [3.8, 4) is 0 Å². The minimum Gasteiger partial charge on any atom is -0.447 e. The number of Topliss-reactive ketones (excluding diaryl/α,β-unsaturated/α-hetero) is 1. The van der Waals surface area contributed by atoms with E-state index >= 15 is 0 Å². The second-order valence-corrected chi connectivity index (χ2v) is 6.28. The predicted octanol–water partition coefficient (Wildman–Crippen LogP) is 4.13. The summed E-state index contributed by atoms with van der Waals surface area (Å²) >= 11 is 0. The van der Waals surface area contributed by atoms with E-state index in [-0.39, 0.29) is 17.9 Å². The van der Waals surface area contributed by atoms with E-state index in [1.165, 1.54) is 5.56 Å². The molecule has 1 rings (SSSR count). The Morgan fingerprint density at radius 3 is 2.39 bits per heavy atom. The van der Waals surface area contributed by atoms with Crippen LogP contribution >= 0.6 is 0 Å². The highest BCUT2D eigenvalue weighted by molar-refractivity contribution is 5.75. The van der Waals surface area contributed by atoms with Crippen molar-refractivity contribution < 1.29 is 14.3 Å². The number of benzene rings is 1. The average molecular weight is 319 g/mol. The molecule has 0 fully saturated rings. The molecule has 0 heterocycles. The molecule has 0 radical (unpaired) electrons. The zero-order chi connectivity index (χ0) is 17.2. The second-order valence-electron chi connectivity index (χ2n) is 6.28. The number of carbonyl (C=O) groups excluding carboxylic acids is 2. The van der Waals surface area contributed by atoms with Gasteiger partial charge in [0.25, 0.3) is 0 Å². The molecule has 1 aromatic carbocycles. The van der Waals surface area contributed by atoms with Gasteiger partial charge in [-0.05, 0) is 38.2 Å². The summed E-state index contributed by atoms with van der Waals surface area (Å²) in [4.78, 5) is 23.1. The fourth-order valence-corrected chi connectivity index (χ4v) is 2.38. The Morgan fingerprint density at radius 2 is 1.83 bits per heavy atom. The van der Waals surface area contributed by atoms with Crippen molar-refractivity contribution in [3.05, 3.63) is 35.9 Å². The van der Waals surface area contributed by atoms with Crippen LogP contribution in [0.5, 0.6) is 0 Å². The Balaban J connectivity index is 2.55. The van der Waals surface area contributed by atoms with Gasteiger partial charge >= 0.3 is 6.09 Å². The highest BCUT2D eigenvalue weighted by Crippen LogP contribution is 2.14. The minimum atomic E-state index is -0.401. The van der Waals surface area contributed by atoms with E-state index in [4.69, 9.17) is 4.74 Å². The van der Waals surface area contributed by atoms with Crippen molar-refractivity contribution in [1.29, 1.82) is 0 Å². The van der Waals surface area contributed by atoms with Crippen LogP contribution in [0.25, 0.3) is 0 Å². The maximum Gasteiger partial charge on any atom is 0.407 e. The van der Waals surface area contributed by atoms with Gasteiger partial charge in [-0.25, -0.2) is 4.79 Å². The summed E-state index contributed by atoms with van der Waals surface area (Å²) in [5, 5.41) is 2.99. The van der Waals surface area contributed by atoms with E-state index in [1.54, 1.807) is 6.92 Å². The lowest BCUT2D eigenvalue weighted by Gasteiger charge is -2.25. The van der Waals surface area contributed by atoms with E-state index in [1.807, 2.05) is 25.1 Å². The van der Waals surface area contributed by atoms with Crippen LogP contribution in [0.2, 0.25) is 0 Å². The molecule has 0 unspecified atom stereocenters. The number of hydrogen-bond acceptors (Lipinski definition) is 3. The lowest BCUT2D eigenvalue weighted by molar-refractivity contribution is -0.117. The molecule has 1 aromatic rings. The number of amides is 1. The van der Waals surface area contributed by atoms with Gasteiger partial charge < -0.3 is 14.8 Å². The molecule has 0 aliphatic carbocycles. The second kappa shape index (κ2) is 10.0. The van der Waals surface area contributed by atoms with Gasteiger partial charge in [0.05, 0.1) is 0 Å². The molecule has 0 aliphatic heterocycles. The van der Waals surface area contributed by atoms with Gasteiger partial charge in [-0.15, -0.1) is 0 Å². The molecule has 23 heavy (non-hydrogen) atoms. The summed E-state index contributed by atoms with van der Waals surface area (Å²) in [6, 6.07) is 10.2. The summed E-state index contributed by atoms with van der Waals surface area (Å²) < 4.78 is 5.36. The third kappa shape index (κ3) is 7.82. The van der Waals surface area contributed by atoms with Crippen LogP contribution in [0.3, 0.4) is 0 Å². The highest BCUT2D eigenvalue weighted by Gasteiger charge is 2.20. The predicted molar refractivity (Wildman–Crippen MR) is 92.4 cm³/mol. The summed E-state index contributed by atoms with van der Waals surface area (Å²) in [6.45, 7) is 7.61. The summed E-state index contributed by atoms with van der Waals surface area (Å²) in [7, 11) is 0. The summed E-state index contributed by atoms with van der Waals surface area (Å²) in [5.41, 5.74) is 1.20. The quantitative estimate of drug-likeness (QED) is 0.744. The van der Waals surface area contributed by atoms with Gasteiger partial charge in [-0.3, -0.25) is 0 Å². The molecule has 1 amide bonds. The van der Waals surface area contributed by atoms with Crippen LogP contribution in [0.15, 0.2) is 30.3 Å². The smallest absolute Gasteiger partial charge is 0.407 e. The molecule has 0 bridgehead atoms. The fourth-order valence-electron chi connectivity index (χ4n) is 2.38. The van der Waals surface area contributed by atoms with Crippen LogP contribution in [0.1, 0.15) is 52.5 Å². The molecular weight excluding hydrogens is 290 g/mol. The first kappa shape index (κ1) is 19.2. The fraction of sp³-hybridized carbons (Fsp3) is 0.579. The number of carbonyl (C=O) groups is 2. The largest absolute Gasteiger partial charge is 0.447 e. The Bertz CT molecular complexity index is 487. The summed E-state index contributed by atoms with van der Waals surface area (Å²) in [6.07, 6.45) is 2.11. The SMILES string of the molecule is CC[C@@H](C)[C@H](Cc1ccccc1)NC(=O)O[C@H](C)CCC(C)=O. The van der Waals surface area contributed by atoms with E-state index in [0.29, 0.717) is 18.8 Å². The molecule has 128 valence electrons. The van der Waals surface area contributed by atoms with Crippen molar-refractivity contribution in [1.82, 2.24) is 5.32 Å². The zero-order valence-electron chi connectivity index (χ0n) is 14.7. The van der Waals surface area contributed by atoms with Crippen LogP contribution in [0.4, 0.5) is 4.79 Å². The van der Waals surface area contributed by atoms with Gasteiger partial charge in [0.1, 0.15) is 11.9 Å². The molecule has 4 nitrogen and oxygen atoms in total. The van der Waals surface area contributed by atoms with E-state index in [9.17, 15) is 9.59 Å². The first-order valence-corrected chi connectivity index (χ1v) is 8.42. The maximum absolute atomic E-state index is 12.1. The van der Waals surface area contributed by atoms with Gasteiger partial charge in [0.15, 0.2) is 0 Å². The number of alkyl carbamates (subject to hydrolysis) is 1. The van der Waals surface area contributed by atoms with E-state index in [0.717, 1.165) is 12.8 Å². The van der Waals surface area contributed by atoms with Crippen LogP contribution < -0.4 is 5.32 Å². The molecule has 0 spiro atoms. The molecular formula is C19H29NO3. The molecule has 4 heteroatoms. The zero-order valence-corrected chi connectivity index (χ0v) is 14.7. The van der Waals surface area contributed by atoms with Crippen LogP contribution in [0, 0.1) is 5.92 Å². The number of ether oxygens (including phenoxy) is 1. The normalized spacial score (nSPS) is 14.6. The Labute approximate surface area is 139 Å². The van der Waals surface area contributed by atoms with Crippen molar-refractivity contribution in [2.75, 3.05) is 0 Å². The van der Waals surface area contributed by atoms with Gasteiger partial charge in [-0.1, -0.05) is 50.6 Å². The standard InChI is InChI=1S/C19H29NO3/c1-5-14(2)18(13-17-9-7-6-8-10-17)20-19(22)23-16(4)12-11-15(3)21/h6-10,14,16,18H,5,11-13H2,1-4H3,(H,20,22)/t14-,16-,18+/m1/s1. The van der Waals surface area contributed by atoms with Crippen LogP contribution in [-0.4, -0.2) is 24.0 Å². The van der Waals surface area contributed by atoms with Crippen LogP contribution in [-0.2, 0) is 16.0 Å². The van der Waals surface area contributed by atoms with Crippen molar-refractivity contribution in [2.45, 2.75) is 65.5 Å². The monoisotopic (exact) mass is 319 g/mol. The van der Waals surface area contributed by atoms with Gasteiger partial charge in [-0.2, -0.15) is 0 Å². The lowest BCUT2D eigenvalue weighted by Crippen LogP contribution is -2.42. The van der Waals surface area contributed by atoms with E-state index < -0.39 is 6.09 Å². The molecule has 3 atom stereocenters. The summed E-state index contributed by atoms with van der Waals surface area (Å²) in [5.74, 6) is 0.470. The Hall–Kier alpha value is -1.84. The molecule has 1 N–H and O–H groups in total. The molecule has 0 saturated heterocycles. The average Bonchev–Trinajstić information content (AvgIpc) is 2.52. The Morgan fingerprint density at radius 1 is 1.17 bits per heavy atom. The molecule has 0 saturated carbocycles. The third-order valence-electron chi connectivity index (χ3n) is 4.14. The highest BCUT2D eigenvalue weighted by atomic mass is 16.6. The third-order valence-corrected chi connectivity index (χ3v) is 4.14.